The highest BCUT2D eigenvalue weighted by molar-refractivity contribution is 7.89. The average Bonchev–Trinajstić information content (AvgIpc) is 3.15. The second-order valence-electron chi connectivity index (χ2n) is 7.89. The van der Waals surface area contributed by atoms with Crippen LogP contribution in [0.25, 0.3) is 10.9 Å². The summed E-state index contributed by atoms with van der Waals surface area (Å²) in [6.45, 7) is 7.91. The molecule has 0 aliphatic heterocycles. The van der Waals surface area contributed by atoms with E-state index in [1.165, 1.54) is 18.4 Å². The van der Waals surface area contributed by atoms with E-state index in [0.717, 1.165) is 36.1 Å². The van der Waals surface area contributed by atoms with Crippen LogP contribution in [0.1, 0.15) is 29.9 Å². The van der Waals surface area contributed by atoms with Gasteiger partial charge in [0.2, 0.25) is 10.0 Å². The number of fused-ring (bicyclic) bond motifs is 1. The smallest absolute Gasteiger partial charge is 0.267 e. The van der Waals surface area contributed by atoms with Gasteiger partial charge < -0.3 is 14.8 Å². The summed E-state index contributed by atoms with van der Waals surface area (Å²) >= 11 is 0. The molecule has 0 unspecified atom stereocenters. The molecular weight excluding hydrogens is 424 g/mol. The fraction of sp³-hybridized carbons (Fsp3) is 0.375. The first-order valence-corrected chi connectivity index (χ1v) is 12.3. The molecule has 1 N–H and O–H groups in total. The van der Waals surface area contributed by atoms with Crippen LogP contribution in [0.2, 0.25) is 0 Å². The number of benzene rings is 2. The van der Waals surface area contributed by atoms with Gasteiger partial charge in [0.1, 0.15) is 5.69 Å². The lowest BCUT2D eigenvalue weighted by Gasteiger charge is -2.18. The molecule has 8 heteroatoms. The Morgan fingerprint density at radius 2 is 1.69 bits per heavy atom. The fourth-order valence-electron chi connectivity index (χ4n) is 3.70. The average molecular weight is 457 g/mol. The highest BCUT2D eigenvalue weighted by Gasteiger charge is 2.21. The van der Waals surface area contributed by atoms with Crippen molar-refractivity contribution < 1.29 is 13.2 Å². The highest BCUT2D eigenvalue weighted by Crippen LogP contribution is 2.25. The molecule has 0 aliphatic carbocycles. The maximum absolute atomic E-state index is 13.1. The molecule has 3 aromatic rings. The topological polar surface area (TPSA) is 74.7 Å². The summed E-state index contributed by atoms with van der Waals surface area (Å²) in [5, 5.41) is 3.74. The number of likely N-dealkylation sites (N-methyl/N-ethyl adjacent to an activating group) is 1. The zero-order valence-corrected chi connectivity index (χ0v) is 20.0. The van der Waals surface area contributed by atoms with Crippen molar-refractivity contribution >= 4 is 26.8 Å². The fourth-order valence-corrected chi connectivity index (χ4v) is 4.64. The molecule has 0 fully saturated rings. The SMILES string of the molecule is CCN(CC)CCNC(=O)c1cc2cc(S(=O)(=O)N(C)C)ccc2n1Cc1ccccc1. The number of aromatic nitrogens is 1. The third-order valence-electron chi connectivity index (χ3n) is 5.68. The number of carbonyl (C=O) groups is 1. The molecule has 1 heterocycles. The molecule has 1 aromatic heterocycles. The minimum atomic E-state index is -3.56. The Hall–Kier alpha value is -2.68. The summed E-state index contributed by atoms with van der Waals surface area (Å²) in [6.07, 6.45) is 0. The van der Waals surface area contributed by atoms with Gasteiger partial charge >= 0.3 is 0 Å². The zero-order chi connectivity index (χ0) is 23.3. The third-order valence-corrected chi connectivity index (χ3v) is 7.49. The van der Waals surface area contributed by atoms with E-state index in [1.54, 1.807) is 24.3 Å². The summed E-state index contributed by atoms with van der Waals surface area (Å²) in [6, 6.07) is 16.7. The van der Waals surface area contributed by atoms with Gasteiger partial charge in [-0.2, -0.15) is 0 Å². The summed E-state index contributed by atoms with van der Waals surface area (Å²) in [5.74, 6) is -0.165. The Kier molecular flexibility index (Phi) is 7.71. The second-order valence-corrected chi connectivity index (χ2v) is 10.0. The lowest BCUT2D eigenvalue weighted by atomic mass is 10.2. The van der Waals surface area contributed by atoms with Crippen LogP contribution in [-0.2, 0) is 16.6 Å². The van der Waals surface area contributed by atoms with Crippen LogP contribution < -0.4 is 5.32 Å². The second kappa shape index (κ2) is 10.3. The number of amides is 1. The van der Waals surface area contributed by atoms with Crippen LogP contribution in [-0.4, -0.2) is 68.4 Å². The Labute approximate surface area is 190 Å². The minimum absolute atomic E-state index is 0.165. The molecule has 0 spiro atoms. The first-order valence-electron chi connectivity index (χ1n) is 10.9. The maximum atomic E-state index is 13.1. The van der Waals surface area contributed by atoms with Crippen molar-refractivity contribution in [2.24, 2.45) is 0 Å². The number of rotatable bonds is 10. The van der Waals surface area contributed by atoms with E-state index >= 15 is 0 Å². The summed E-state index contributed by atoms with van der Waals surface area (Å²) < 4.78 is 28.3. The lowest BCUT2D eigenvalue weighted by Crippen LogP contribution is -2.35. The quantitative estimate of drug-likeness (QED) is 0.509. The van der Waals surface area contributed by atoms with Gasteiger partial charge in [-0.1, -0.05) is 44.2 Å². The summed E-state index contributed by atoms with van der Waals surface area (Å²) in [5.41, 5.74) is 2.40. The zero-order valence-electron chi connectivity index (χ0n) is 19.2. The van der Waals surface area contributed by atoms with Crippen molar-refractivity contribution in [3.63, 3.8) is 0 Å². The predicted molar refractivity (Wildman–Crippen MR) is 128 cm³/mol. The predicted octanol–water partition coefficient (Wildman–Crippen LogP) is 3.01. The number of hydrogen-bond acceptors (Lipinski definition) is 4. The highest BCUT2D eigenvalue weighted by atomic mass is 32.2. The van der Waals surface area contributed by atoms with Gasteiger partial charge in [-0.3, -0.25) is 4.79 Å². The molecule has 0 radical (unpaired) electrons. The number of nitrogens with zero attached hydrogens (tertiary/aromatic N) is 3. The molecule has 2 aromatic carbocycles. The van der Waals surface area contributed by atoms with Crippen molar-refractivity contribution in [3.8, 4) is 0 Å². The van der Waals surface area contributed by atoms with Crippen LogP contribution >= 0.6 is 0 Å². The molecule has 0 saturated carbocycles. The standard InChI is InChI=1S/C24H32N4O3S/c1-5-27(6-2)15-14-25-24(29)23-17-20-16-21(32(30,31)26(3)4)12-13-22(20)28(23)18-19-10-8-7-9-11-19/h7-13,16-17H,5-6,14-15,18H2,1-4H3,(H,25,29). The minimum Gasteiger partial charge on any atom is -0.349 e. The van der Waals surface area contributed by atoms with Crippen molar-refractivity contribution in [1.82, 2.24) is 19.1 Å². The van der Waals surface area contributed by atoms with Crippen LogP contribution in [0.3, 0.4) is 0 Å². The van der Waals surface area contributed by atoms with Gasteiger partial charge in [-0.05, 0) is 42.9 Å². The third kappa shape index (κ3) is 5.20. The van der Waals surface area contributed by atoms with Crippen molar-refractivity contribution in [1.29, 1.82) is 0 Å². The van der Waals surface area contributed by atoms with E-state index in [0.29, 0.717) is 18.8 Å². The molecule has 172 valence electrons. The van der Waals surface area contributed by atoms with E-state index in [2.05, 4.69) is 24.1 Å². The normalized spacial score (nSPS) is 12.1. The van der Waals surface area contributed by atoms with Gasteiger partial charge in [-0.25, -0.2) is 12.7 Å². The number of nitrogens with one attached hydrogen (secondary N) is 1. The van der Waals surface area contributed by atoms with Gasteiger partial charge in [0, 0.05) is 44.6 Å². The van der Waals surface area contributed by atoms with Crippen molar-refractivity contribution in [2.75, 3.05) is 40.3 Å². The molecule has 0 bridgehead atoms. The summed E-state index contributed by atoms with van der Waals surface area (Å²) in [4.78, 5) is 15.6. The Bertz CT molecular complexity index is 1170. The molecule has 32 heavy (non-hydrogen) atoms. The largest absolute Gasteiger partial charge is 0.349 e. The molecule has 1 amide bonds. The Morgan fingerprint density at radius 3 is 2.31 bits per heavy atom. The first-order chi connectivity index (χ1) is 15.3. The number of sulfonamides is 1. The number of carbonyl (C=O) groups excluding carboxylic acids is 1. The van der Waals surface area contributed by atoms with E-state index < -0.39 is 10.0 Å². The molecule has 0 aliphatic rings. The molecule has 0 atom stereocenters. The molecule has 7 nitrogen and oxygen atoms in total. The van der Waals surface area contributed by atoms with Gasteiger partial charge in [-0.15, -0.1) is 0 Å². The van der Waals surface area contributed by atoms with E-state index in [9.17, 15) is 13.2 Å². The van der Waals surface area contributed by atoms with E-state index in [4.69, 9.17) is 0 Å². The molecule has 3 rings (SSSR count). The molecular formula is C24H32N4O3S. The van der Waals surface area contributed by atoms with Crippen molar-refractivity contribution in [3.05, 3.63) is 65.9 Å². The van der Waals surface area contributed by atoms with Crippen LogP contribution in [0, 0.1) is 0 Å². The summed E-state index contributed by atoms with van der Waals surface area (Å²) in [7, 11) is -0.545. The molecule has 0 saturated heterocycles. The van der Waals surface area contributed by atoms with E-state index in [-0.39, 0.29) is 10.8 Å². The Balaban J connectivity index is 1.98. The monoisotopic (exact) mass is 456 g/mol. The van der Waals surface area contributed by atoms with Gasteiger partial charge in [0.05, 0.1) is 4.90 Å². The van der Waals surface area contributed by atoms with Crippen molar-refractivity contribution in [2.45, 2.75) is 25.3 Å². The van der Waals surface area contributed by atoms with E-state index in [1.807, 2.05) is 34.9 Å². The van der Waals surface area contributed by atoms with Gasteiger partial charge in [0.25, 0.3) is 5.91 Å². The maximum Gasteiger partial charge on any atom is 0.267 e. The van der Waals surface area contributed by atoms with Crippen LogP contribution in [0.4, 0.5) is 0 Å². The number of hydrogen-bond donors (Lipinski definition) is 1. The Morgan fingerprint density at radius 1 is 1.00 bits per heavy atom. The van der Waals surface area contributed by atoms with Crippen LogP contribution in [0.15, 0.2) is 59.5 Å². The lowest BCUT2D eigenvalue weighted by molar-refractivity contribution is 0.0940. The van der Waals surface area contributed by atoms with Crippen LogP contribution in [0.5, 0.6) is 0 Å². The first kappa shape index (κ1) is 24.0. The van der Waals surface area contributed by atoms with Gasteiger partial charge in [0.15, 0.2) is 0 Å².